The average molecular weight is 231 g/mol. The fourth-order valence-corrected chi connectivity index (χ4v) is 1.23. The number of aliphatic hydroxyl groups excluding tert-OH is 1. The van der Waals surface area contributed by atoms with Gasteiger partial charge in [0.15, 0.2) is 0 Å². The standard InChI is InChI=1S/C13H13NO3/c1-9(2)17-13(16)12(15)11(8-14)10-6-4-3-5-7-10/h3-7,9,15H,1-2H3/b12-11-. The molecule has 0 unspecified atom stereocenters. The molecule has 1 aromatic rings. The summed E-state index contributed by atoms with van der Waals surface area (Å²) in [5.41, 5.74) is 0.393. The summed E-state index contributed by atoms with van der Waals surface area (Å²) in [4.78, 5) is 11.4. The van der Waals surface area contributed by atoms with Crippen LogP contribution >= 0.6 is 0 Å². The lowest BCUT2D eigenvalue weighted by Crippen LogP contribution is -2.14. The Morgan fingerprint density at radius 3 is 2.41 bits per heavy atom. The number of aliphatic hydroxyl groups is 1. The monoisotopic (exact) mass is 231 g/mol. The quantitative estimate of drug-likeness (QED) is 0.375. The molecule has 0 spiro atoms. The van der Waals surface area contributed by atoms with Crippen LogP contribution in [0.2, 0.25) is 0 Å². The van der Waals surface area contributed by atoms with Crippen LogP contribution in [0.4, 0.5) is 0 Å². The minimum Gasteiger partial charge on any atom is -0.501 e. The van der Waals surface area contributed by atoms with Gasteiger partial charge < -0.3 is 9.84 Å². The highest BCUT2D eigenvalue weighted by Gasteiger charge is 2.18. The van der Waals surface area contributed by atoms with Gasteiger partial charge in [-0.2, -0.15) is 5.26 Å². The highest BCUT2D eigenvalue weighted by atomic mass is 16.6. The van der Waals surface area contributed by atoms with E-state index in [0.29, 0.717) is 5.56 Å². The number of allylic oxidation sites excluding steroid dienone is 1. The number of hydrogen-bond acceptors (Lipinski definition) is 4. The van der Waals surface area contributed by atoms with Crippen LogP contribution in [-0.2, 0) is 9.53 Å². The first-order valence-electron chi connectivity index (χ1n) is 5.16. The second-order valence-electron chi connectivity index (χ2n) is 3.66. The predicted molar refractivity (Wildman–Crippen MR) is 62.8 cm³/mol. The number of benzene rings is 1. The molecule has 0 saturated heterocycles. The van der Waals surface area contributed by atoms with Crippen LogP contribution in [-0.4, -0.2) is 17.2 Å². The van der Waals surface area contributed by atoms with Crippen molar-refractivity contribution in [3.8, 4) is 6.07 Å². The molecule has 0 aliphatic heterocycles. The van der Waals surface area contributed by atoms with Crippen LogP contribution in [0.5, 0.6) is 0 Å². The van der Waals surface area contributed by atoms with E-state index in [0.717, 1.165) is 0 Å². The number of ether oxygens (including phenoxy) is 1. The van der Waals surface area contributed by atoms with E-state index in [1.807, 2.05) is 0 Å². The molecule has 1 rings (SSSR count). The first kappa shape index (κ1) is 12.8. The van der Waals surface area contributed by atoms with E-state index in [-0.39, 0.29) is 11.7 Å². The zero-order chi connectivity index (χ0) is 12.8. The molecule has 0 atom stereocenters. The number of carbonyl (C=O) groups excluding carboxylic acids is 1. The van der Waals surface area contributed by atoms with Gasteiger partial charge in [-0.05, 0) is 19.4 Å². The van der Waals surface area contributed by atoms with Gasteiger partial charge in [-0.25, -0.2) is 4.79 Å². The Hall–Kier alpha value is -2.28. The Balaban J connectivity index is 3.09. The smallest absolute Gasteiger partial charge is 0.375 e. The third-order valence-corrected chi connectivity index (χ3v) is 1.95. The molecule has 0 fully saturated rings. The van der Waals surface area contributed by atoms with E-state index in [1.54, 1.807) is 50.2 Å². The SMILES string of the molecule is CC(C)OC(=O)/C(O)=C(\C#N)c1ccccc1. The summed E-state index contributed by atoms with van der Waals surface area (Å²) in [6.45, 7) is 3.33. The molecule has 0 bridgehead atoms. The minimum atomic E-state index is -0.889. The van der Waals surface area contributed by atoms with Crippen LogP contribution in [0.1, 0.15) is 19.4 Å². The van der Waals surface area contributed by atoms with E-state index < -0.39 is 11.7 Å². The summed E-state index contributed by atoms with van der Waals surface area (Å²) in [6, 6.07) is 10.3. The van der Waals surface area contributed by atoms with Crippen LogP contribution in [0.3, 0.4) is 0 Å². The van der Waals surface area contributed by atoms with Crippen molar-refractivity contribution < 1.29 is 14.6 Å². The molecule has 0 aliphatic carbocycles. The van der Waals surface area contributed by atoms with Crippen molar-refractivity contribution >= 4 is 11.5 Å². The summed E-state index contributed by atoms with van der Waals surface area (Å²) in [5, 5.41) is 18.6. The van der Waals surface area contributed by atoms with Crippen molar-refractivity contribution in [2.45, 2.75) is 20.0 Å². The van der Waals surface area contributed by atoms with Crippen LogP contribution in [0.15, 0.2) is 36.1 Å². The molecule has 0 aromatic heterocycles. The molecule has 0 amide bonds. The third-order valence-electron chi connectivity index (χ3n) is 1.95. The van der Waals surface area contributed by atoms with E-state index in [1.165, 1.54) is 0 Å². The summed E-state index contributed by atoms with van der Waals surface area (Å²) in [7, 11) is 0. The maximum atomic E-state index is 11.4. The normalized spacial score (nSPS) is 11.6. The highest BCUT2D eigenvalue weighted by molar-refractivity contribution is 5.98. The number of carbonyl (C=O) groups is 1. The number of nitriles is 1. The Labute approximate surface area is 99.8 Å². The first-order valence-corrected chi connectivity index (χ1v) is 5.16. The Bertz CT molecular complexity index is 469. The molecule has 0 saturated carbocycles. The molecule has 88 valence electrons. The maximum Gasteiger partial charge on any atom is 0.375 e. The molecule has 0 aliphatic rings. The van der Waals surface area contributed by atoms with Crippen molar-refractivity contribution in [1.29, 1.82) is 5.26 Å². The van der Waals surface area contributed by atoms with Gasteiger partial charge in [-0.1, -0.05) is 30.3 Å². The molecule has 1 N–H and O–H groups in total. The third kappa shape index (κ3) is 3.35. The molecule has 4 nitrogen and oxygen atoms in total. The van der Waals surface area contributed by atoms with Crippen molar-refractivity contribution in [2.24, 2.45) is 0 Å². The molecule has 0 radical (unpaired) electrons. The Morgan fingerprint density at radius 2 is 1.94 bits per heavy atom. The van der Waals surface area contributed by atoms with Gasteiger partial charge in [0.25, 0.3) is 0 Å². The van der Waals surface area contributed by atoms with Crippen molar-refractivity contribution in [2.75, 3.05) is 0 Å². The van der Waals surface area contributed by atoms with Gasteiger partial charge in [-0.15, -0.1) is 0 Å². The zero-order valence-corrected chi connectivity index (χ0v) is 9.68. The first-order chi connectivity index (χ1) is 8.06. The maximum absolute atomic E-state index is 11.4. The number of hydrogen-bond donors (Lipinski definition) is 1. The van der Waals surface area contributed by atoms with Gasteiger partial charge in [0.05, 0.1) is 6.10 Å². The van der Waals surface area contributed by atoms with Gasteiger partial charge in [0.2, 0.25) is 5.76 Å². The molecular weight excluding hydrogens is 218 g/mol. The topological polar surface area (TPSA) is 70.3 Å². The minimum absolute atomic E-state index is 0.0868. The lowest BCUT2D eigenvalue weighted by molar-refractivity contribution is -0.145. The summed E-state index contributed by atoms with van der Waals surface area (Å²) >= 11 is 0. The Morgan fingerprint density at radius 1 is 1.35 bits per heavy atom. The van der Waals surface area contributed by atoms with Crippen molar-refractivity contribution in [3.05, 3.63) is 41.7 Å². The van der Waals surface area contributed by atoms with E-state index >= 15 is 0 Å². The van der Waals surface area contributed by atoms with E-state index in [2.05, 4.69) is 0 Å². The van der Waals surface area contributed by atoms with Crippen LogP contribution in [0, 0.1) is 11.3 Å². The van der Waals surface area contributed by atoms with Gasteiger partial charge in [0.1, 0.15) is 11.6 Å². The number of esters is 1. The summed E-state index contributed by atoms with van der Waals surface area (Å²) in [5.74, 6) is -1.55. The summed E-state index contributed by atoms with van der Waals surface area (Å²) in [6.07, 6.45) is -0.347. The lowest BCUT2D eigenvalue weighted by atomic mass is 10.1. The molecular formula is C13H13NO3. The van der Waals surface area contributed by atoms with Gasteiger partial charge in [0, 0.05) is 0 Å². The van der Waals surface area contributed by atoms with Crippen molar-refractivity contribution in [3.63, 3.8) is 0 Å². The molecule has 4 heteroatoms. The van der Waals surface area contributed by atoms with E-state index in [9.17, 15) is 9.90 Å². The lowest BCUT2D eigenvalue weighted by Gasteiger charge is -2.08. The second kappa shape index (κ2) is 5.71. The number of nitrogens with zero attached hydrogens (tertiary/aromatic N) is 1. The average Bonchev–Trinajstić information content (AvgIpc) is 2.30. The fraction of sp³-hybridized carbons (Fsp3) is 0.231. The highest BCUT2D eigenvalue weighted by Crippen LogP contribution is 2.17. The van der Waals surface area contributed by atoms with Gasteiger partial charge >= 0.3 is 5.97 Å². The molecule has 17 heavy (non-hydrogen) atoms. The van der Waals surface area contributed by atoms with Gasteiger partial charge in [-0.3, -0.25) is 0 Å². The van der Waals surface area contributed by atoms with Crippen LogP contribution in [0.25, 0.3) is 5.57 Å². The van der Waals surface area contributed by atoms with Crippen LogP contribution < -0.4 is 0 Å². The second-order valence-corrected chi connectivity index (χ2v) is 3.66. The van der Waals surface area contributed by atoms with Crippen molar-refractivity contribution in [1.82, 2.24) is 0 Å². The number of rotatable bonds is 3. The fourth-order valence-electron chi connectivity index (χ4n) is 1.23. The molecule has 0 heterocycles. The summed E-state index contributed by atoms with van der Waals surface area (Å²) < 4.78 is 4.82. The zero-order valence-electron chi connectivity index (χ0n) is 9.68. The van der Waals surface area contributed by atoms with E-state index in [4.69, 9.17) is 10.00 Å². The molecule has 1 aromatic carbocycles. The largest absolute Gasteiger partial charge is 0.501 e. The Kier molecular flexibility index (Phi) is 4.29. The predicted octanol–water partition coefficient (Wildman–Crippen LogP) is 2.43.